The summed E-state index contributed by atoms with van der Waals surface area (Å²) in [5.41, 5.74) is 2.20. The van der Waals surface area contributed by atoms with Crippen molar-refractivity contribution in [1.82, 2.24) is 20.1 Å². The van der Waals surface area contributed by atoms with Gasteiger partial charge < -0.3 is 15.7 Å². The molecule has 152 valence electrons. The minimum atomic E-state index is -2.59. The molecule has 0 radical (unpaired) electrons. The van der Waals surface area contributed by atoms with E-state index < -0.39 is 5.92 Å². The summed E-state index contributed by atoms with van der Waals surface area (Å²) in [5.74, 6) is -1.67. The summed E-state index contributed by atoms with van der Waals surface area (Å²) in [6.07, 6.45) is 2.23. The standard InChI is InChI=1S/C19H25F2N5O2/c1-12-10-26(25-16(12)11-27)18-8-14(9-22-13(2)28)7-17(24-18)23-15-3-5-19(20,21)6-4-15/h7-8,10,15,27H,3-6,9,11H2,1-2H3,(H,22,28)(H,23,24). The van der Waals surface area contributed by atoms with E-state index in [1.165, 1.54) is 6.92 Å². The summed E-state index contributed by atoms with van der Waals surface area (Å²) in [7, 11) is 0. The van der Waals surface area contributed by atoms with Crippen LogP contribution in [-0.2, 0) is 17.9 Å². The van der Waals surface area contributed by atoms with Gasteiger partial charge in [-0.25, -0.2) is 18.4 Å². The maximum atomic E-state index is 13.4. The van der Waals surface area contributed by atoms with Gasteiger partial charge in [-0.15, -0.1) is 0 Å². The highest BCUT2D eigenvalue weighted by molar-refractivity contribution is 5.72. The van der Waals surface area contributed by atoms with E-state index in [4.69, 9.17) is 0 Å². The van der Waals surface area contributed by atoms with Crippen LogP contribution in [0.4, 0.5) is 14.6 Å². The smallest absolute Gasteiger partial charge is 0.248 e. The van der Waals surface area contributed by atoms with Crippen molar-refractivity contribution in [3.05, 3.63) is 35.2 Å². The van der Waals surface area contributed by atoms with Gasteiger partial charge in [-0.2, -0.15) is 5.10 Å². The van der Waals surface area contributed by atoms with Crippen LogP contribution in [0.25, 0.3) is 5.82 Å². The molecule has 2 aromatic rings. The fraction of sp³-hybridized carbons (Fsp3) is 0.526. The molecule has 3 rings (SSSR count). The predicted molar refractivity (Wildman–Crippen MR) is 100 cm³/mol. The molecule has 1 fully saturated rings. The van der Waals surface area contributed by atoms with E-state index in [1.807, 2.05) is 6.92 Å². The number of aliphatic hydroxyl groups excluding tert-OH is 1. The van der Waals surface area contributed by atoms with E-state index >= 15 is 0 Å². The van der Waals surface area contributed by atoms with Gasteiger partial charge in [0, 0.05) is 38.5 Å². The SMILES string of the molecule is CC(=O)NCc1cc(NC2CCC(F)(F)CC2)nc(-n2cc(C)c(CO)n2)c1. The Balaban J connectivity index is 1.85. The summed E-state index contributed by atoms with van der Waals surface area (Å²) in [6.45, 7) is 3.42. The lowest BCUT2D eigenvalue weighted by molar-refractivity contribution is -0.119. The number of nitrogens with one attached hydrogen (secondary N) is 2. The molecule has 1 aliphatic carbocycles. The maximum absolute atomic E-state index is 13.4. The zero-order valence-electron chi connectivity index (χ0n) is 16.0. The largest absolute Gasteiger partial charge is 0.390 e. The molecule has 1 aliphatic rings. The van der Waals surface area contributed by atoms with E-state index in [2.05, 4.69) is 20.7 Å². The zero-order valence-corrected chi connectivity index (χ0v) is 16.0. The number of aryl methyl sites for hydroxylation is 1. The van der Waals surface area contributed by atoms with Crippen molar-refractivity contribution in [2.24, 2.45) is 0 Å². The van der Waals surface area contributed by atoms with Crippen molar-refractivity contribution in [1.29, 1.82) is 0 Å². The second-order valence-corrected chi connectivity index (χ2v) is 7.26. The van der Waals surface area contributed by atoms with Crippen LogP contribution in [0.15, 0.2) is 18.3 Å². The number of rotatable bonds is 6. The molecular formula is C19H25F2N5O2. The molecule has 1 amide bonds. The Bertz CT molecular complexity index is 843. The van der Waals surface area contributed by atoms with Gasteiger partial charge in [-0.1, -0.05) is 0 Å². The molecule has 0 aliphatic heterocycles. The number of alkyl halides is 2. The average molecular weight is 393 g/mol. The van der Waals surface area contributed by atoms with Crippen LogP contribution in [0.1, 0.15) is 49.4 Å². The third-order valence-corrected chi connectivity index (χ3v) is 4.87. The van der Waals surface area contributed by atoms with Crippen molar-refractivity contribution >= 4 is 11.7 Å². The molecule has 28 heavy (non-hydrogen) atoms. The number of aromatic nitrogens is 3. The van der Waals surface area contributed by atoms with Crippen molar-refractivity contribution in [3.8, 4) is 5.82 Å². The summed E-state index contributed by atoms with van der Waals surface area (Å²) in [6, 6.07) is 3.52. The van der Waals surface area contributed by atoms with Gasteiger partial charge in [0.25, 0.3) is 0 Å². The molecule has 0 aromatic carbocycles. The molecule has 0 bridgehead atoms. The number of anilines is 1. The number of carbonyl (C=O) groups excluding carboxylic acids is 1. The van der Waals surface area contributed by atoms with Crippen LogP contribution < -0.4 is 10.6 Å². The first-order valence-electron chi connectivity index (χ1n) is 9.32. The van der Waals surface area contributed by atoms with Gasteiger partial charge in [0.2, 0.25) is 11.8 Å². The second-order valence-electron chi connectivity index (χ2n) is 7.26. The minimum Gasteiger partial charge on any atom is -0.390 e. The number of aliphatic hydroxyl groups is 1. The number of pyridine rings is 1. The molecule has 0 atom stereocenters. The second kappa shape index (κ2) is 8.22. The van der Waals surface area contributed by atoms with E-state index in [0.29, 0.717) is 36.7 Å². The first kappa shape index (κ1) is 20.2. The Morgan fingerprint density at radius 2 is 2.07 bits per heavy atom. The van der Waals surface area contributed by atoms with E-state index in [1.54, 1.807) is 23.0 Å². The molecule has 1 saturated carbocycles. The van der Waals surface area contributed by atoms with E-state index in [-0.39, 0.29) is 31.4 Å². The monoisotopic (exact) mass is 393 g/mol. The number of hydrogen-bond donors (Lipinski definition) is 3. The van der Waals surface area contributed by atoms with Crippen LogP contribution in [0.2, 0.25) is 0 Å². The lowest BCUT2D eigenvalue weighted by Crippen LogP contribution is -2.32. The Labute approximate surface area is 162 Å². The molecule has 0 spiro atoms. The summed E-state index contributed by atoms with van der Waals surface area (Å²) < 4.78 is 28.4. The number of halogens is 2. The molecular weight excluding hydrogens is 368 g/mol. The van der Waals surface area contributed by atoms with Crippen LogP contribution in [0, 0.1) is 6.92 Å². The molecule has 0 unspecified atom stereocenters. The molecule has 3 N–H and O–H groups in total. The van der Waals surface area contributed by atoms with Gasteiger partial charge in [0.15, 0.2) is 5.82 Å². The third-order valence-electron chi connectivity index (χ3n) is 4.87. The average Bonchev–Trinajstić information content (AvgIpc) is 3.02. The van der Waals surface area contributed by atoms with Gasteiger partial charge in [0.05, 0.1) is 12.3 Å². The van der Waals surface area contributed by atoms with Crippen molar-refractivity contribution in [3.63, 3.8) is 0 Å². The number of nitrogens with zero attached hydrogens (tertiary/aromatic N) is 3. The van der Waals surface area contributed by atoms with Gasteiger partial charge in [-0.05, 0) is 43.0 Å². The van der Waals surface area contributed by atoms with Crippen molar-refractivity contribution in [2.45, 2.75) is 64.6 Å². The first-order valence-corrected chi connectivity index (χ1v) is 9.32. The highest BCUT2D eigenvalue weighted by Crippen LogP contribution is 2.34. The Hall–Kier alpha value is -2.55. The van der Waals surface area contributed by atoms with Crippen molar-refractivity contribution in [2.75, 3.05) is 5.32 Å². The fourth-order valence-electron chi connectivity index (χ4n) is 3.25. The molecule has 7 nitrogen and oxygen atoms in total. The highest BCUT2D eigenvalue weighted by atomic mass is 19.3. The molecule has 0 saturated heterocycles. The lowest BCUT2D eigenvalue weighted by Gasteiger charge is -2.29. The highest BCUT2D eigenvalue weighted by Gasteiger charge is 2.35. The molecule has 9 heteroatoms. The Morgan fingerprint density at radius 3 is 2.68 bits per heavy atom. The summed E-state index contributed by atoms with van der Waals surface area (Å²) in [4.78, 5) is 15.8. The third kappa shape index (κ3) is 5.03. The first-order chi connectivity index (χ1) is 13.3. The lowest BCUT2D eigenvalue weighted by atomic mass is 9.92. The maximum Gasteiger partial charge on any atom is 0.248 e. The quantitative estimate of drug-likeness (QED) is 0.702. The Kier molecular flexibility index (Phi) is 5.93. The summed E-state index contributed by atoms with van der Waals surface area (Å²) >= 11 is 0. The van der Waals surface area contributed by atoms with Crippen LogP contribution in [-0.4, -0.2) is 37.7 Å². The number of amides is 1. The topological polar surface area (TPSA) is 92.1 Å². The Morgan fingerprint density at radius 1 is 1.36 bits per heavy atom. The summed E-state index contributed by atoms with van der Waals surface area (Å²) in [5, 5.41) is 19.7. The minimum absolute atomic E-state index is 0.0802. The number of hydrogen-bond acceptors (Lipinski definition) is 5. The van der Waals surface area contributed by atoms with Gasteiger partial charge in [-0.3, -0.25) is 4.79 Å². The van der Waals surface area contributed by atoms with Crippen LogP contribution >= 0.6 is 0 Å². The van der Waals surface area contributed by atoms with Gasteiger partial charge in [0.1, 0.15) is 5.82 Å². The van der Waals surface area contributed by atoms with Gasteiger partial charge >= 0.3 is 0 Å². The molecule has 2 aromatic heterocycles. The molecule has 2 heterocycles. The van der Waals surface area contributed by atoms with E-state index in [9.17, 15) is 18.7 Å². The van der Waals surface area contributed by atoms with Crippen molar-refractivity contribution < 1.29 is 18.7 Å². The van der Waals surface area contributed by atoms with E-state index in [0.717, 1.165) is 11.1 Å². The fourth-order valence-corrected chi connectivity index (χ4v) is 3.25. The predicted octanol–water partition coefficient (Wildman–Crippen LogP) is 2.69. The zero-order chi connectivity index (χ0) is 20.3. The van der Waals surface area contributed by atoms with Crippen LogP contribution in [0.5, 0.6) is 0 Å². The number of carbonyl (C=O) groups is 1. The van der Waals surface area contributed by atoms with Crippen LogP contribution in [0.3, 0.4) is 0 Å². The normalized spacial score (nSPS) is 16.8.